The van der Waals surface area contributed by atoms with Crippen LogP contribution in [-0.2, 0) is 13.0 Å². The molecule has 0 bridgehead atoms. The van der Waals surface area contributed by atoms with E-state index in [0.717, 1.165) is 18.8 Å². The number of hydrogen-bond acceptors (Lipinski definition) is 2. The highest BCUT2D eigenvalue weighted by Gasteiger charge is 2.04. The van der Waals surface area contributed by atoms with Crippen LogP contribution >= 0.6 is 0 Å². The standard InChI is InChI=1S/C14H19N3/c1-11-3-4-13(12(2)9-11)10-17-8-7-16-14(17)5-6-15/h3-4,7-9H,5-6,10,15H2,1-2H3. The second kappa shape index (κ2) is 5.15. The van der Waals surface area contributed by atoms with Crippen molar-refractivity contribution < 1.29 is 0 Å². The van der Waals surface area contributed by atoms with E-state index in [0.29, 0.717) is 6.54 Å². The largest absolute Gasteiger partial charge is 0.330 e. The fraction of sp³-hybridized carbons (Fsp3) is 0.357. The van der Waals surface area contributed by atoms with Gasteiger partial charge in [0.1, 0.15) is 5.82 Å². The zero-order valence-electron chi connectivity index (χ0n) is 10.5. The van der Waals surface area contributed by atoms with Crippen LogP contribution in [0, 0.1) is 13.8 Å². The van der Waals surface area contributed by atoms with E-state index >= 15 is 0 Å². The van der Waals surface area contributed by atoms with Crippen LogP contribution in [0.4, 0.5) is 0 Å². The first kappa shape index (κ1) is 11.9. The van der Waals surface area contributed by atoms with E-state index in [4.69, 9.17) is 5.73 Å². The normalized spacial score (nSPS) is 10.8. The maximum Gasteiger partial charge on any atom is 0.110 e. The topological polar surface area (TPSA) is 43.8 Å². The van der Waals surface area contributed by atoms with Crippen molar-refractivity contribution in [2.75, 3.05) is 6.54 Å². The summed E-state index contributed by atoms with van der Waals surface area (Å²) < 4.78 is 2.17. The van der Waals surface area contributed by atoms with Crippen molar-refractivity contribution in [2.45, 2.75) is 26.8 Å². The molecule has 2 aromatic rings. The Bertz CT molecular complexity index is 500. The molecule has 0 unspecified atom stereocenters. The van der Waals surface area contributed by atoms with Crippen molar-refractivity contribution in [3.05, 3.63) is 53.1 Å². The Labute approximate surface area is 102 Å². The lowest BCUT2D eigenvalue weighted by Gasteiger charge is -2.10. The van der Waals surface area contributed by atoms with E-state index in [2.05, 4.69) is 41.6 Å². The lowest BCUT2D eigenvalue weighted by atomic mass is 10.1. The smallest absolute Gasteiger partial charge is 0.110 e. The second-order valence-corrected chi connectivity index (χ2v) is 4.44. The van der Waals surface area contributed by atoms with Crippen molar-refractivity contribution in [2.24, 2.45) is 5.73 Å². The molecule has 2 N–H and O–H groups in total. The quantitative estimate of drug-likeness (QED) is 0.872. The fourth-order valence-electron chi connectivity index (χ4n) is 2.05. The first-order valence-corrected chi connectivity index (χ1v) is 5.97. The van der Waals surface area contributed by atoms with E-state index in [1.807, 2.05) is 12.4 Å². The highest BCUT2D eigenvalue weighted by atomic mass is 15.1. The summed E-state index contributed by atoms with van der Waals surface area (Å²) in [6.45, 7) is 5.79. The molecule has 0 atom stereocenters. The van der Waals surface area contributed by atoms with E-state index < -0.39 is 0 Å². The zero-order chi connectivity index (χ0) is 12.3. The highest BCUT2D eigenvalue weighted by Crippen LogP contribution is 2.13. The minimum Gasteiger partial charge on any atom is -0.330 e. The number of aryl methyl sites for hydroxylation is 2. The Kier molecular flexibility index (Phi) is 3.59. The maximum atomic E-state index is 5.58. The first-order valence-electron chi connectivity index (χ1n) is 5.97. The molecule has 0 amide bonds. The van der Waals surface area contributed by atoms with Gasteiger partial charge in [0.25, 0.3) is 0 Å². The number of imidazole rings is 1. The third-order valence-corrected chi connectivity index (χ3v) is 3.01. The SMILES string of the molecule is Cc1ccc(Cn2ccnc2CCN)c(C)c1. The monoisotopic (exact) mass is 229 g/mol. The highest BCUT2D eigenvalue weighted by molar-refractivity contribution is 5.30. The Morgan fingerprint density at radius 1 is 1.29 bits per heavy atom. The minimum atomic E-state index is 0.643. The molecular weight excluding hydrogens is 210 g/mol. The molecule has 0 radical (unpaired) electrons. The molecule has 0 aliphatic rings. The molecule has 1 heterocycles. The van der Waals surface area contributed by atoms with Crippen molar-refractivity contribution in [3.63, 3.8) is 0 Å². The summed E-state index contributed by atoms with van der Waals surface area (Å²) in [6.07, 6.45) is 4.69. The number of aromatic nitrogens is 2. The van der Waals surface area contributed by atoms with E-state index in [1.54, 1.807) is 0 Å². The van der Waals surface area contributed by atoms with Crippen molar-refractivity contribution in [3.8, 4) is 0 Å². The van der Waals surface area contributed by atoms with Crippen LogP contribution in [0.3, 0.4) is 0 Å². The van der Waals surface area contributed by atoms with E-state index in [-0.39, 0.29) is 0 Å². The number of benzene rings is 1. The Hall–Kier alpha value is -1.61. The van der Waals surface area contributed by atoms with Crippen molar-refractivity contribution >= 4 is 0 Å². The summed E-state index contributed by atoms with van der Waals surface area (Å²) >= 11 is 0. The van der Waals surface area contributed by atoms with Gasteiger partial charge in [-0.15, -0.1) is 0 Å². The second-order valence-electron chi connectivity index (χ2n) is 4.44. The van der Waals surface area contributed by atoms with Crippen LogP contribution in [0.15, 0.2) is 30.6 Å². The van der Waals surface area contributed by atoms with E-state index in [9.17, 15) is 0 Å². The number of nitrogens with zero attached hydrogens (tertiary/aromatic N) is 2. The lowest BCUT2D eigenvalue weighted by molar-refractivity contribution is 0.713. The van der Waals surface area contributed by atoms with Gasteiger partial charge in [-0.3, -0.25) is 0 Å². The molecule has 0 aliphatic heterocycles. The fourth-order valence-corrected chi connectivity index (χ4v) is 2.05. The molecule has 90 valence electrons. The van der Waals surface area contributed by atoms with Crippen LogP contribution in [0.2, 0.25) is 0 Å². The third-order valence-electron chi connectivity index (χ3n) is 3.01. The average molecular weight is 229 g/mol. The van der Waals surface area contributed by atoms with Gasteiger partial charge < -0.3 is 10.3 Å². The Morgan fingerprint density at radius 3 is 2.82 bits per heavy atom. The number of hydrogen-bond donors (Lipinski definition) is 1. The molecule has 1 aromatic heterocycles. The van der Waals surface area contributed by atoms with Crippen LogP contribution in [-0.4, -0.2) is 16.1 Å². The molecule has 0 spiro atoms. The predicted molar refractivity (Wildman–Crippen MR) is 70.0 cm³/mol. The van der Waals surface area contributed by atoms with E-state index in [1.165, 1.54) is 16.7 Å². The van der Waals surface area contributed by atoms with Gasteiger partial charge in [-0.25, -0.2) is 4.98 Å². The van der Waals surface area contributed by atoms with Crippen LogP contribution in [0.25, 0.3) is 0 Å². The van der Waals surface area contributed by atoms with Crippen LogP contribution in [0.1, 0.15) is 22.5 Å². The zero-order valence-corrected chi connectivity index (χ0v) is 10.5. The van der Waals surface area contributed by atoms with Crippen molar-refractivity contribution in [1.29, 1.82) is 0 Å². The molecule has 2 rings (SSSR count). The van der Waals surface area contributed by atoms with Crippen LogP contribution < -0.4 is 5.73 Å². The summed E-state index contributed by atoms with van der Waals surface area (Å²) in [5, 5.41) is 0. The summed E-state index contributed by atoms with van der Waals surface area (Å²) in [6, 6.07) is 6.56. The lowest BCUT2D eigenvalue weighted by Crippen LogP contribution is -2.11. The molecule has 17 heavy (non-hydrogen) atoms. The molecule has 0 fully saturated rings. The molecule has 1 aromatic carbocycles. The summed E-state index contributed by atoms with van der Waals surface area (Å²) in [7, 11) is 0. The van der Waals surface area contributed by atoms with Gasteiger partial charge in [0.15, 0.2) is 0 Å². The van der Waals surface area contributed by atoms with Gasteiger partial charge in [-0.05, 0) is 31.5 Å². The summed E-state index contributed by atoms with van der Waals surface area (Å²) in [5.41, 5.74) is 9.55. The van der Waals surface area contributed by atoms with Gasteiger partial charge in [0.05, 0.1) is 0 Å². The van der Waals surface area contributed by atoms with Gasteiger partial charge in [0.2, 0.25) is 0 Å². The predicted octanol–water partition coefficient (Wildman–Crippen LogP) is 2.05. The first-order chi connectivity index (χ1) is 8.20. The molecular formula is C14H19N3. The number of nitrogens with two attached hydrogens (primary N) is 1. The number of rotatable bonds is 4. The van der Waals surface area contributed by atoms with Crippen LogP contribution in [0.5, 0.6) is 0 Å². The molecule has 0 saturated heterocycles. The maximum absolute atomic E-state index is 5.58. The Morgan fingerprint density at radius 2 is 2.12 bits per heavy atom. The minimum absolute atomic E-state index is 0.643. The van der Waals surface area contributed by atoms with Crippen molar-refractivity contribution in [1.82, 2.24) is 9.55 Å². The summed E-state index contributed by atoms with van der Waals surface area (Å²) in [4.78, 5) is 4.33. The summed E-state index contributed by atoms with van der Waals surface area (Å²) in [5.74, 6) is 1.06. The van der Waals surface area contributed by atoms with Gasteiger partial charge >= 0.3 is 0 Å². The molecule has 0 aliphatic carbocycles. The third kappa shape index (κ3) is 2.74. The van der Waals surface area contributed by atoms with Gasteiger partial charge in [0, 0.05) is 25.4 Å². The molecule has 3 heteroatoms. The average Bonchev–Trinajstić information content (AvgIpc) is 2.71. The molecule has 3 nitrogen and oxygen atoms in total. The Balaban J connectivity index is 2.22. The van der Waals surface area contributed by atoms with Gasteiger partial charge in [-0.2, -0.15) is 0 Å². The van der Waals surface area contributed by atoms with Gasteiger partial charge in [-0.1, -0.05) is 23.8 Å². The molecule has 0 saturated carbocycles.